The fraction of sp³-hybridized carbons (Fsp3) is 0.600. The second-order valence-electron chi connectivity index (χ2n) is 4.76. The lowest BCUT2D eigenvalue weighted by molar-refractivity contribution is 0.0213. The van der Waals surface area contributed by atoms with Crippen LogP contribution in [-0.4, -0.2) is 29.0 Å². The minimum absolute atomic E-state index is 0.0400. The summed E-state index contributed by atoms with van der Waals surface area (Å²) in [6.45, 7) is 5.90. The summed E-state index contributed by atoms with van der Waals surface area (Å²) in [5.74, 6) is 0.291. The van der Waals surface area contributed by atoms with Crippen molar-refractivity contribution in [1.29, 1.82) is 0 Å². The van der Waals surface area contributed by atoms with Crippen molar-refractivity contribution in [3.05, 3.63) is 29.6 Å². The van der Waals surface area contributed by atoms with Crippen LogP contribution in [0.1, 0.15) is 45.1 Å². The highest BCUT2D eigenvalue weighted by atomic mass is 19.1. The van der Waals surface area contributed by atoms with Crippen molar-refractivity contribution in [2.45, 2.75) is 51.7 Å². The fourth-order valence-electron chi connectivity index (χ4n) is 2.13. The molecule has 0 aliphatic carbocycles. The van der Waals surface area contributed by atoms with Gasteiger partial charge in [-0.15, -0.1) is 0 Å². The smallest absolute Gasteiger partial charge is 0.123 e. The van der Waals surface area contributed by atoms with E-state index in [2.05, 4.69) is 0 Å². The molecule has 0 heterocycles. The first kappa shape index (κ1) is 15.9. The van der Waals surface area contributed by atoms with Gasteiger partial charge in [-0.3, -0.25) is 0 Å². The zero-order valence-corrected chi connectivity index (χ0v) is 11.8. The zero-order valence-electron chi connectivity index (χ0n) is 11.8. The molecule has 3 nitrogen and oxygen atoms in total. The van der Waals surface area contributed by atoms with Crippen LogP contribution in [0.2, 0.25) is 0 Å². The van der Waals surface area contributed by atoms with Crippen molar-refractivity contribution >= 4 is 0 Å². The molecule has 1 rings (SSSR count). The Balaban J connectivity index is 2.98. The van der Waals surface area contributed by atoms with Crippen LogP contribution in [0.15, 0.2) is 18.2 Å². The summed E-state index contributed by atoms with van der Waals surface area (Å²) < 4.78 is 18.9. The first-order valence-electron chi connectivity index (χ1n) is 6.77. The molecule has 19 heavy (non-hydrogen) atoms. The quantitative estimate of drug-likeness (QED) is 0.801. The monoisotopic (exact) mass is 270 g/mol. The average Bonchev–Trinajstić information content (AvgIpc) is 2.38. The van der Waals surface area contributed by atoms with E-state index in [1.807, 2.05) is 13.8 Å². The molecule has 0 aromatic heterocycles. The number of hydrogen-bond donors (Lipinski definition) is 2. The third-order valence-electron chi connectivity index (χ3n) is 3.29. The summed E-state index contributed by atoms with van der Waals surface area (Å²) in [5, 5.41) is 19.2. The molecule has 0 bridgehead atoms. The Kier molecular flexibility index (Phi) is 6.25. The van der Waals surface area contributed by atoms with Crippen molar-refractivity contribution in [2.24, 2.45) is 0 Å². The van der Waals surface area contributed by atoms with Gasteiger partial charge < -0.3 is 14.9 Å². The molecule has 0 spiro atoms. The SMILES string of the molecule is CCOc1ccc(F)cc1C(CC)CC(O)C(C)O. The van der Waals surface area contributed by atoms with Crippen LogP contribution in [0.25, 0.3) is 0 Å². The van der Waals surface area contributed by atoms with E-state index in [4.69, 9.17) is 4.74 Å². The van der Waals surface area contributed by atoms with Crippen LogP contribution in [-0.2, 0) is 0 Å². The van der Waals surface area contributed by atoms with Gasteiger partial charge in [0, 0.05) is 5.56 Å². The van der Waals surface area contributed by atoms with Crippen LogP contribution >= 0.6 is 0 Å². The van der Waals surface area contributed by atoms with Gasteiger partial charge in [0.25, 0.3) is 0 Å². The van der Waals surface area contributed by atoms with Crippen LogP contribution < -0.4 is 4.74 Å². The van der Waals surface area contributed by atoms with E-state index >= 15 is 0 Å². The summed E-state index contributed by atoms with van der Waals surface area (Å²) in [5.41, 5.74) is 0.754. The summed E-state index contributed by atoms with van der Waals surface area (Å²) in [7, 11) is 0. The van der Waals surface area contributed by atoms with Gasteiger partial charge >= 0.3 is 0 Å². The van der Waals surface area contributed by atoms with Crippen LogP contribution in [0.3, 0.4) is 0 Å². The van der Waals surface area contributed by atoms with E-state index in [0.29, 0.717) is 18.8 Å². The molecular weight excluding hydrogens is 247 g/mol. The second-order valence-corrected chi connectivity index (χ2v) is 4.76. The van der Waals surface area contributed by atoms with E-state index < -0.39 is 12.2 Å². The topological polar surface area (TPSA) is 49.7 Å². The predicted molar refractivity (Wildman–Crippen MR) is 72.9 cm³/mol. The summed E-state index contributed by atoms with van der Waals surface area (Å²) >= 11 is 0. The average molecular weight is 270 g/mol. The second kappa shape index (κ2) is 7.46. The Morgan fingerprint density at radius 1 is 1.26 bits per heavy atom. The first-order valence-corrected chi connectivity index (χ1v) is 6.77. The molecule has 0 amide bonds. The zero-order chi connectivity index (χ0) is 14.4. The molecule has 0 aliphatic heterocycles. The van der Waals surface area contributed by atoms with E-state index in [1.165, 1.54) is 12.1 Å². The molecule has 1 aromatic rings. The van der Waals surface area contributed by atoms with Gasteiger partial charge in [0.05, 0.1) is 18.8 Å². The maximum absolute atomic E-state index is 13.4. The summed E-state index contributed by atoms with van der Waals surface area (Å²) in [6.07, 6.45) is -0.480. The van der Waals surface area contributed by atoms with Crippen LogP contribution in [0, 0.1) is 5.82 Å². The largest absolute Gasteiger partial charge is 0.494 e. The summed E-state index contributed by atoms with van der Waals surface area (Å²) in [4.78, 5) is 0. The van der Waals surface area contributed by atoms with E-state index in [-0.39, 0.29) is 11.7 Å². The number of aliphatic hydroxyl groups excluding tert-OH is 2. The van der Waals surface area contributed by atoms with Gasteiger partial charge in [-0.05, 0) is 50.8 Å². The summed E-state index contributed by atoms with van der Waals surface area (Å²) in [6, 6.07) is 4.44. The fourth-order valence-corrected chi connectivity index (χ4v) is 2.13. The number of hydrogen-bond acceptors (Lipinski definition) is 3. The van der Waals surface area contributed by atoms with Crippen LogP contribution in [0.5, 0.6) is 5.75 Å². The third-order valence-corrected chi connectivity index (χ3v) is 3.29. The minimum Gasteiger partial charge on any atom is -0.494 e. The van der Waals surface area contributed by atoms with E-state index in [1.54, 1.807) is 13.0 Å². The Labute approximate surface area is 114 Å². The highest BCUT2D eigenvalue weighted by molar-refractivity contribution is 5.37. The Hall–Kier alpha value is -1.13. The van der Waals surface area contributed by atoms with Crippen molar-refractivity contribution in [3.63, 3.8) is 0 Å². The molecule has 0 saturated heterocycles. The molecule has 1 aromatic carbocycles. The van der Waals surface area contributed by atoms with Crippen molar-refractivity contribution in [3.8, 4) is 5.75 Å². The van der Waals surface area contributed by atoms with Gasteiger partial charge in [-0.2, -0.15) is 0 Å². The maximum Gasteiger partial charge on any atom is 0.123 e. The lowest BCUT2D eigenvalue weighted by atomic mass is 9.89. The van der Waals surface area contributed by atoms with Gasteiger partial charge in [0.15, 0.2) is 0 Å². The molecule has 0 fully saturated rings. The molecule has 0 radical (unpaired) electrons. The van der Waals surface area contributed by atoms with Crippen molar-refractivity contribution in [1.82, 2.24) is 0 Å². The minimum atomic E-state index is -0.817. The van der Waals surface area contributed by atoms with Gasteiger partial charge in [0.2, 0.25) is 0 Å². The van der Waals surface area contributed by atoms with Gasteiger partial charge in [0.1, 0.15) is 11.6 Å². The third kappa shape index (κ3) is 4.48. The molecule has 0 aliphatic rings. The lowest BCUT2D eigenvalue weighted by Crippen LogP contribution is -2.25. The normalized spacial score (nSPS) is 15.9. The number of benzene rings is 1. The predicted octanol–water partition coefficient (Wildman–Crippen LogP) is 2.85. The van der Waals surface area contributed by atoms with Crippen molar-refractivity contribution < 1.29 is 19.3 Å². The lowest BCUT2D eigenvalue weighted by Gasteiger charge is -2.23. The van der Waals surface area contributed by atoms with Gasteiger partial charge in [-0.1, -0.05) is 6.92 Å². The number of ether oxygens (including phenoxy) is 1. The molecule has 3 atom stereocenters. The Bertz CT molecular complexity index is 393. The maximum atomic E-state index is 13.4. The van der Waals surface area contributed by atoms with Crippen molar-refractivity contribution in [2.75, 3.05) is 6.61 Å². The number of halogens is 1. The molecule has 4 heteroatoms. The standard InChI is InChI=1S/C15H23FO3/c1-4-11(8-14(18)10(3)17)13-9-12(16)6-7-15(13)19-5-2/h6-7,9-11,14,17-18H,4-5,8H2,1-3H3. The highest BCUT2D eigenvalue weighted by Crippen LogP contribution is 2.33. The van der Waals surface area contributed by atoms with E-state index in [0.717, 1.165) is 12.0 Å². The molecule has 0 saturated carbocycles. The number of aliphatic hydroxyl groups is 2. The highest BCUT2D eigenvalue weighted by Gasteiger charge is 2.21. The van der Waals surface area contributed by atoms with Crippen LogP contribution in [0.4, 0.5) is 4.39 Å². The molecule has 3 unspecified atom stereocenters. The molecular formula is C15H23FO3. The van der Waals surface area contributed by atoms with Gasteiger partial charge in [-0.25, -0.2) is 4.39 Å². The Morgan fingerprint density at radius 2 is 1.95 bits per heavy atom. The number of rotatable bonds is 7. The van der Waals surface area contributed by atoms with E-state index in [9.17, 15) is 14.6 Å². The Morgan fingerprint density at radius 3 is 2.47 bits per heavy atom. The molecule has 108 valence electrons. The first-order chi connectivity index (χ1) is 8.99. The molecule has 2 N–H and O–H groups in total.